The van der Waals surface area contributed by atoms with E-state index >= 15 is 0 Å². The van der Waals surface area contributed by atoms with E-state index in [9.17, 15) is 10.1 Å². The number of halogens is 1. The zero-order valence-electron chi connectivity index (χ0n) is 12.6. The summed E-state index contributed by atoms with van der Waals surface area (Å²) in [7, 11) is 0. The van der Waals surface area contributed by atoms with Gasteiger partial charge in [-0.05, 0) is 51.1 Å². The lowest BCUT2D eigenvalue weighted by Gasteiger charge is -2.22. The summed E-state index contributed by atoms with van der Waals surface area (Å²) in [6.45, 7) is 5.83. The van der Waals surface area contributed by atoms with Crippen molar-refractivity contribution >= 4 is 27.3 Å². The van der Waals surface area contributed by atoms with Crippen LogP contribution in [0.25, 0.3) is 0 Å². The Morgan fingerprint density at radius 3 is 2.23 bits per heavy atom. The second-order valence-electron chi connectivity index (χ2n) is 5.87. The number of ether oxygens (including phenoxy) is 1. The number of hydrogen-bond donors (Lipinski definition) is 1. The van der Waals surface area contributed by atoms with E-state index in [0.717, 1.165) is 4.47 Å². The van der Waals surface area contributed by atoms with E-state index in [1.54, 1.807) is 12.1 Å². The predicted molar refractivity (Wildman–Crippen MR) is 90.7 cm³/mol. The molecule has 0 bridgehead atoms. The molecule has 0 atom stereocenters. The summed E-state index contributed by atoms with van der Waals surface area (Å²) in [6.07, 6.45) is 0. The number of nitro benzene ring substituents is 1. The third kappa shape index (κ3) is 4.46. The first-order valence-electron chi connectivity index (χ1n) is 6.75. The Morgan fingerprint density at radius 1 is 1.09 bits per heavy atom. The molecule has 0 unspecified atom stereocenters. The van der Waals surface area contributed by atoms with Gasteiger partial charge >= 0.3 is 0 Å². The maximum atomic E-state index is 11.1. The lowest BCUT2D eigenvalue weighted by molar-refractivity contribution is -0.384. The molecule has 0 saturated heterocycles. The SMILES string of the molecule is CC(C)(C)Nc1cc(Oc2ccc(Br)cc2)ccc1[N+](=O)[O-]. The smallest absolute Gasteiger partial charge is 0.292 e. The zero-order chi connectivity index (χ0) is 16.3. The Kier molecular flexibility index (Phi) is 4.71. The van der Waals surface area contributed by atoms with Crippen LogP contribution in [0.5, 0.6) is 11.5 Å². The lowest BCUT2D eigenvalue weighted by atomic mass is 10.1. The van der Waals surface area contributed by atoms with Crippen LogP contribution in [0.4, 0.5) is 11.4 Å². The Labute approximate surface area is 137 Å². The summed E-state index contributed by atoms with van der Waals surface area (Å²) >= 11 is 3.36. The van der Waals surface area contributed by atoms with Gasteiger partial charge in [0.2, 0.25) is 0 Å². The summed E-state index contributed by atoms with van der Waals surface area (Å²) in [5, 5.41) is 14.3. The van der Waals surface area contributed by atoms with Crippen molar-refractivity contribution in [2.45, 2.75) is 26.3 Å². The normalized spacial score (nSPS) is 11.1. The quantitative estimate of drug-likeness (QED) is 0.585. The molecular formula is C16H17BrN2O3. The first kappa shape index (κ1) is 16.3. The zero-order valence-corrected chi connectivity index (χ0v) is 14.2. The first-order chi connectivity index (χ1) is 10.2. The number of nitrogens with one attached hydrogen (secondary N) is 1. The molecule has 6 heteroatoms. The molecule has 0 heterocycles. The van der Waals surface area contributed by atoms with E-state index in [1.807, 2.05) is 45.0 Å². The number of nitro groups is 1. The third-order valence-corrected chi connectivity index (χ3v) is 3.25. The van der Waals surface area contributed by atoms with Gasteiger partial charge in [0.15, 0.2) is 0 Å². The van der Waals surface area contributed by atoms with E-state index < -0.39 is 4.92 Å². The minimum absolute atomic E-state index is 0.0260. The standard InChI is InChI=1S/C16H17BrN2O3/c1-16(2,3)18-14-10-13(8-9-15(14)19(20)21)22-12-6-4-11(17)5-7-12/h4-10,18H,1-3H3. The number of rotatable bonds is 4. The van der Waals surface area contributed by atoms with Gasteiger partial charge in [-0.1, -0.05) is 15.9 Å². The predicted octanol–water partition coefficient (Wildman–Crippen LogP) is 5.36. The molecule has 5 nitrogen and oxygen atoms in total. The number of benzene rings is 2. The van der Waals surface area contributed by atoms with Gasteiger partial charge in [0, 0.05) is 22.1 Å². The average molecular weight is 365 g/mol. The number of anilines is 1. The van der Waals surface area contributed by atoms with Gasteiger partial charge < -0.3 is 10.1 Å². The van der Waals surface area contributed by atoms with Crippen molar-refractivity contribution < 1.29 is 9.66 Å². The van der Waals surface area contributed by atoms with E-state index in [-0.39, 0.29) is 11.2 Å². The van der Waals surface area contributed by atoms with Gasteiger partial charge in [-0.2, -0.15) is 0 Å². The molecule has 2 aromatic carbocycles. The fraction of sp³-hybridized carbons (Fsp3) is 0.250. The molecule has 22 heavy (non-hydrogen) atoms. The van der Waals surface area contributed by atoms with Crippen LogP contribution >= 0.6 is 15.9 Å². The highest BCUT2D eigenvalue weighted by Crippen LogP contribution is 2.33. The molecule has 2 aromatic rings. The minimum atomic E-state index is -0.405. The maximum Gasteiger partial charge on any atom is 0.292 e. The van der Waals surface area contributed by atoms with Crippen LogP contribution in [-0.4, -0.2) is 10.5 Å². The molecule has 0 aliphatic carbocycles. The molecule has 1 N–H and O–H groups in total. The van der Waals surface area contributed by atoms with Crippen molar-refractivity contribution in [2.75, 3.05) is 5.32 Å². The molecule has 0 amide bonds. The van der Waals surface area contributed by atoms with E-state index in [4.69, 9.17) is 4.74 Å². The lowest BCUT2D eigenvalue weighted by Crippen LogP contribution is -2.26. The average Bonchev–Trinajstić information content (AvgIpc) is 2.39. The van der Waals surface area contributed by atoms with Crippen LogP contribution in [0, 0.1) is 10.1 Å². The van der Waals surface area contributed by atoms with Crippen molar-refractivity contribution in [1.82, 2.24) is 0 Å². The molecule has 116 valence electrons. The van der Waals surface area contributed by atoms with E-state index in [1.165, 1.54) is 6.07 Å². The summed E-state index contributed by atoms with van der Waals surface area (Å²) in [4.78, 5) is 10.7. The highest BCUT2D eigenvalue weighted by atomic mass is 79.9. The molecule has 0 fully saturated rings. The van der Waals surface area contributed by atoms with Crippen molar-refractivity contribution in [3.63, 3.8) is 0 Å². The van der Waals surface area contributed by atoms with Crippen LogP contribution in [0.2, 0.25) is 0 Å². The van der Waals surface area contributed by atoms with E-state index in [0.29, 0.717) is 17.2 Å². The van der Waals surface area contributed by atoms with Crippen LogP contribution < -0.4 is 10.1 Å². The first-order valence-corrected chi connectivity index (χ1v) is 7.54. The fourth-order valence-electron chi connectivity index (χ4n) is 1.88. The van der Waals surface area contributed by atoms with Crippen LogP contribution in [0.15, 0.2) is 46.9 Å². The molecule has 0 aliphatic heterocycles. The Hall–Kier alpha value is -2.08. The van der Waals surface area contributed by atoms with Gasteiger partial charge in [-0.25, -0.2) is 0 Å². The summed E-state index contributed by atoms with van der Waals surface area (Å²) in [6, 6.07) is 12.1. The maximum absolute atomic E-state index is 11.1. The summed E-state index contributed by atoms with van der Waals surface area (Å²) < 4.78 is 6.70. The molecule has 0 spiro atoms. The van der Waals surface area contributed by atoms with Gasteiger partial charge in [0.1, 0.15) is 17.2 Å². The van der Waals surface area contributed by atoms with Crippen molar-refractivity contribution in [1.29, 1.82) is 0 Å². The Balaban J connectivity index is 2.31. The minimum Gasteiger partial charge on any atom is -0.457 e. The highest BCUT2D eigenvalue weighted by molar-refractivity contribution is 9.10. The Bertz CT molecular complexity index is 679. The second kappa shape index (κ2) is 6.36. The van der Waals surface area contributed by atoms with Crippen LogP contribution in [0.3, 0.4) is 0 Å². The van der Waals surface area contributed by atoms with Crippen LogP contribution in [0.1, 0.15) is 20.8 Å². The van der Waals surface area contributed by atoms with Gasteiger partial charge in [0.25, 0.3) is 5.69 Å². The summed E-state index contributed by atoms with van der Waals surface area (Å²) in [5.74, 6) is 1.21. The number of nitrogens with zero attached hydrogens (tertiary/aromatic N) is 1. The summed E-state index contributed by atoms with van der Waals surface area (Å²) in [5.41, 5.74) is 0.172. The molecule has 0 radical (unpaired) electrons. The molecule has 2 rings (SSSR count). The topological polar surface area (TPSA) is 64.4 Å². The monoisotopic (exact) mass is 364 g/mol. The second-order valence-corrected chi connectivity index (χ2v) is 6.78. The van der Waals surface area contributed by atoms with Crippen molar-refractivity contribution in [3.8, 4) is 11.5 Å². The van der Waals surface area contributed by atoms with Gasteiger partial charge in [-0.15, -0.1) is 0 Å². The van der Waals surface area contributed by atoms with Gasteiger partial charge in [-0.3, -0.25) is 10.1 Å². The van der Waals surface area contributed by atoms with Crippen LogP contribution in [-0.2, 0) is 0 Å². The third-order valence-electron chi connectivity index (χ3n) is 2.72. The van der Waals surface area contributed by atoms with Crippen molar-refractivity contribution in [3.05, 3.63) is 57.1 Å². The molecule has 0 aromatic heterocycles. The largest absolute Gasteiger partial charge is 0.457 e. The highest BCUT2D eigenvalue weighted by Gasteiger charge is 2.19. The molecular weight excluding hydrogens is 348 g/mol. The van der Waals surface area contributed by atoms with Crippen molar-refractivity contribution in [2.24, 2.45) is 0 Å². The fourth-order valence-corrected chi connectivity index (χ4v) is 2.15. The Morgan fingerprint density at radius 2 is 1.68 bits per heavy atom. The molecule has 0 aliphatic rings. The molecule has 0 saturated carbocycles. The number of hydrogen-bond acceptors (Lipinski definition) is 4. The van der Waals surface area contributed by atoms with Gasteiger partial charge in [0.05, 0.1) is 4.92 Å². The van der Waals surface area contributed by atoms with E-state index in [2.05, 4.69) is 21.2 Å².